The fourth-order valence-corrected chi connectivity index (χ4v) is 7.12. The van der Waals surface area contributed by atoms with Crippen LogP contribution in [0.1, 0.15) is 90.8 Å². The SMILES string of the molecule is CC(C)(C)c1cc(-c2nccc3c2CCc2cc(-c4ccccc4)ccc2-3)[c-]c2ccccc12.CCC(CC)C(=O)/C=C(\O)C(CC)CC.[Ir]. The summed E-state index contributed by atoms with van der Waals surface area (Å²) >= 11 is 0. The van der Waals surface area contributed by atoms with Crippen molar-refractivity contribution in [2.75, 3.05) is 0 Å². The van der Waals surface area contributed by atoms with Gasteiger partial charge in [0.2, 0.25) is 0 Å². The number of allylic oxidation sites excluding steroid dienone is 2. The molecule has 1 aromatic heterocycles. The number of fused-ring (bicyclic) bond motifs is 4. The number of aryl methyl sites for hydroxylation is 1. The van der Waals surface area contributed by atoms with E-state index in [0.717, 1.165) is 55.2 Å². The predicted molar refractivity (Wildman–Crippen MR) is 207 cm³/mol. The van der Waals surface area contributed by atoms with Gasteiger partial charge in [-0.1, -0.05) is 126 Å². The molecular weight excluding hydrogens is 791 g/mol. The van der Waals surface area contributed by atoms with Crippen LogP contribution in [0, 0.1) is 17.9 Å². The Kier molecular flexibility index (Phi) is 13.5. The standard InChI is InChI=1S/C33H28N.C13H24O2.Ir/c1-33(2,3)31-21-26(20-24-11-7-8-12-28(24)31)32-30-16-14-25-19-23(22-9-5-4-6-10-22)13-15-27(25)29(30)17-18-34-32;1-5-10(6-2)12(14)9-13(15)11(7-3)8-4;/h4-13,15,17-19,21H,14,16H2,1-3H3;9-11,14H,5-8H2,1-4H3;/q-1;;/b;12-9-;. The van der Waals surface area contributed by atoms with Gasteiger partial charge in [0, 0.05) is 49.9 Å². The first-order chi connectivity index (χ1) is 23.6. The molecule has 1 N–H and O–H groups in total. The van der Waals surface area contributed by atoms with E-state index in [-0.39, 0.29) is 48.9 Å². The average Bonchev–Trinajstić information content (AvgIpc) is 3.11. The Morgan fingerprint density at radius 3 is 2.12 bits per heavy atom. The fraction of sp³-hybridized carbons (Fsp3) is 0.348. The van der Waals surface area contributed by atoms with E-state index in [1.54, 1.807) is 0 Å². The van der Waals surface area contributed by atoms with Crippen LogP contribution in [0.2, 0.25) is 0 Å². The molecule has 0 amide bonds. The van der Waals surface area contributed by atoms with Crippen LogP contribution in [0.15, 0.2) is 103 Å². The molecule has 0 saturated carbocycles. The summed E-state index contributed by atoms with van der Waals surface area (Å²) in [5, 5.41) is 12.2. The molecule has 0 saturated heterocycles. The molecule has 50 heavy (non-hydrogen) atoms. The van der Waals surface area contributed by atoms with Gasteiger partial charge in [-0.2, -0.15) is 0 Å². The summed E-state index contributed by atoms with van der Waals surface area (Å²) in [5.74, 6) is 0.547. The molecule has 5 aromatic rings. The second-order valence-corrected chi connectivity index (χ2v) is 14.3. The number of aromatic nitrogens is 1. The van der Waals surface area contributed by atoms with Gasteiger partial charge in [-0.3, -0.25) is 9.78 Å². The van der Waals surface area contributed by atoms with E-state index >= 15 is 0 Å². The maximum Gasteiger partial charge on any atom is 0.162 e. The molecule has 263 valence electrons. The van der Waals surface area contributed by atoms with Crippen molar-refractivity contribution in [1.29, 1.82) is 0 Å². The first-order valence-electron chi connectivity index (χ1n) is 18.2. The smallest absolute Gasteiger partial charge is 0.162 e. The van der Waals surface area contributed by atoms with E-state index in [1.165, 1.54) is 50.4 Å². The summed E-state index contributed by atoms with van der Waals surface area (Å²) in [6.07, 6.45) is 8.90. The Balaban J connectivity index is 0.000000301. The van der Waals surface area contributed by atoms with Crippen molar-refractivity contribution in [2.24, 2.45) is 11.8 Å². The van der Waals surface area contributed by atoms with Gasteiger partial charge in [0.05, 0.1) is 5.76 Å². The van der Waals surface area contributed by atoms with E-state index in [2.05, 4.69) is 112 Å². The molecule has 0 aliphatic heterocycles. The van der Waals surface area contributed by atoms with Crippen molar-refractivity contribution in [3.8, 4) is 33.5 Å². The molecule has 1 heterocycles. The van der Waals surface area contributed by atoms with Crippen molar-refractivity contribution >= 4 is 16.6 Å². The monoisotopic (exact) mass is 843 g/mol. The maximum atomic E-state index is 11.7. The minimum Gasteiger partial charge on any atom is -0.512 e. The summed E-state index contributed by atoms with van der Waals surface area (Å²) in [6.45, 7) is 14.9. The number of aliphatic hydroxyl groups excluding tert-OH is 1. The summed E-state index contributed by atoms with van der Waals surface area (Å²) in [4.78, 5) is 16.6. The topological polar surface area (TPSA) is 50.2 Å². The zero-order valence-corrected chi connectivity index (χ0v) is 33.2. The van der Waals surface area contributed by atoms with Gasteiger partial charge in [0.15, 0.2) is 5.78 Å². The van der Waals surface area contributed by atoms with Crippen molar-refractivity contribution in [2.45, 2.75) is 92.4 Å². The molecule has 0 bridgehead atoms. The van der Waals surface area contributed by atoms with E-state index in [0.29, 0.717) is 0 Å². The summed E-state index contributed by atoms with van der Waals surface area (Å²) < 4.78 is 0. The van der Waals surface area contributed by atoms with E-state index < -0.39 is 0 Å². The third-order valence-corrected chi connectivity index (χ3v) is 10.1. The van der Waals surface area contributed by atoms with Crippen molar-refractivity contribution in [3.63, 3.8) is 0 Å². The Hall–Kier alpha value is -3.85. The molecule has 0 atom stereocenters. The van der Waals surface area contributed by atoms with Crippen LogP contribution in [0.25, 0.3) is 44.3 Å². The van der Waals surface area contributed by atoms with E-state index in [1.807, 2.05) is 33.9 Å². The minimum atomic E-state index is 0. The van der Waals surface area contributed by atoms with Crippen LogP contribution in [-0.4, -0.2) is 15.9 Å². The van der Waals surface area contributed by atoms with Gasteiger partial charge in [-0.05, 0) is 83.4 Å². The zero-order valence-electron chi connectivity index (χ0n) is 30.8. The normalized spacial score (nSPS) is 12.5. The number of carbonyl (C=O) groups excluding carboxylic acids is 1. The summed E-state index contributed by atoms with van der Waals surface area (Å²) in [6, 6.07) is 34.4. The third kappa shape index (κ3) is 8.71. The Bertz CT molecular complexity index is 1930. The molecule has 6 rings (SSSR count). The second kappa shape index (κ2) is 17.4. The van der Waals surface area contributed by atoms with E-state index in [4.69, 9.17) is 4.98 Å². The van der Waals surface area contributed by atoms with Crippen LogP contribution in [-0.2, 0) is 43.2 Å². The molecule has 1 radical (unpaired) electrons. The molecule has 0 fully saturated rings. The van der Waals surface area contributed by atoms with Gasteiger partial charge >= 0.3 is 0 Å². The zero-order chi connectivity index (χ0) is 35.1. The van der Waals surface area contributed by atoms with Crippen LogP contribution in [0.4, 0.5) is 0 Å². The van der Waals surface area contributed by atoms with Crippen LogP contribution in [0.5, 0.6) is 0 Å². The number of hydrogen-bond acceptors (Lipinski definition) is 3. The quantitative estimate of drug-likeness (QED) is 0.0914. The van der Waals surface area contributed by atoms with Gasteiger partial charge in [0.25, 0.3) is 0 Å². The third-order valence-electron chi connectivity index (χ3n) is 10.1. The molecular formula is C46H52IrNO2-. The number of hydrogen-bond donors (Lipinski definition) is 1. The first kappa shape index (κ1) is 38.9. The number of ketones is 1. The number of carbonyl (C=O) groups is 1. The first-order valence-corrected chi connectivity index (χ1v) is 18.2. The number of pyridine rings is 1. The Morgan fingerprint density at radius 2 is 1.46 bits per heavy atom. The van der Waals surface area contributed by atoms with Gasteiger partial charge in [-0.15, -0.1) is 29.1 Å². The van der Waals surface area contributed by atoms with Crippen molar-refractivity contribution in [3.05, 3.63) is 126 Å². The van der Waals surface area contributed by atoms with Crippen molar-refractivity contribution < 1.29 is 30.0 Å². The number of rotatable bonds is 9. The molecule has 4 heteroatoms. The van der Waals surface area contributed by atoms with Gasteiger partial charge in [0.1, 0.15) is 0 Å². The molecule has 3 nitrogen and oxygen atoms in total. The molecule has 0 unspecified atom stereocenters. The Labute approximate surface area is 313 Å². The molecule has 1 aliphatic rings. The van der Waals surface area contributed by atoms with Crippen LogP contribution >= 0.6 is 0 Å². The maximum absolute atomic E-state index is 11.7. The minimum absolute atomic E-state index is 0. The Morgan fingerprint density at radius 1 is 0.800 bits per heavy atom. The van der Waals surface area contributed by atoms with Gasteiger partial charge < -0.3 is 5.11 Å². The molecule has 4 aromatic carbocycles. The average molecular weight is 843 g/mol. The summed E-state index contributed by atoms with van der Waals surface area (Å²) in [5.41, 5.74) is 11.5. The van der Waals surface area contributed by atoms with Gasteiger partial charge in [-0.25, -0.2) is 0 Å². The van der Waals surface area contributed by atoms with E-state index in [9.17, 15) is 9.90 Å². The number of nitrogens with zero attached hydrogens (tertiary/aromatic N) is 1. The fourth-order valence-electron chi connectivity index (χ4n) is 7.12. The molecule has 1 aliphatic carbocycles. The number of benzene rings is 4. The predicted octanol–water partition coefficient (Wildman–Crippen LogP) is 12.3. The number of aliphatic hydroxyl groups is 1. The largest absolute Gasteiger partial charge is 0.512 e. The van der Waals surface area contributed by atoms with Crippen LogP contribution in [0.3, 0.4) is 0 Å². The van der Waals surface area contributed by atoms with Crippen molar-refractivity contribution in [1.82, 2.24) is 4.98 Å². The summed E-state index contributed by atoms with van der Waals surface area (Å²) in [7, 11) is 0. The molecule has 0 spiro atoms. The second-order valence-electron chi connectivity index (χ2n) is 14.3. The van der Waals surface area contributed by atoms with Crippen LogP contribution < -0.4 is 0 Å².